The normalized spacial score (nSPS) is 29.0. The van der Waals surface area contributed by atoms with Crippen molar-refractivity contribution in [1.82, 2.24) is 0 Å². The quantitative estimate of drug-likeness (QED) is 0.248. The Morgan fingerprint density at radius 3 is 2.00 bits per heavy atom. The third kappa shape index (κ3) is 10.9. The van der Waals surface area contributed by atoms with Crippen molar-refractivity contribution in [2.45, 2.75) is 154 Å². The summed E-state index contributed by atoms with van der Waals surface area (Å²) in [5.74, 6) is -4.72. The van der Waals surface area contributed by atoms with Crippen LogP contribution in [0.1, 0.15) is 136 Å². The van der Waals surface area contributed by atoms with Crippen LogP contribution in [0.25, 0.3) is 0 Å². The molecule has 0 radical (unpaired) electrons. The van der Waals surface area contributed by atoms with Crippen LogP contribution in [0.5, 0.6) is 0 Å². The Balaban J connectivity index is 2.01. The number of rotatable bonds is 9. The average molecular weight is 517 g/mol. The number of aliphatic hydroxyl groups is 1. The molecule has 2 rings (SSSR count). The number of alkyl halides is 2. The molecule has 2 aliphatic carbocycles. The minimum atomic E-state index is -3.84. The van der Waals surface area contributed by atoms with Gasteiger partial charge in [-0.3, -0.25) is 0 Å². The van der Waals surface area contributed by atoms with Crippen LogP contribution in [0.4, 0.5) is 8.78 Å². The predicted octanol–water partition coefficient (Wildman–Crippen LogP) is 8.24. The highest BCUT2D eigenvalue weighted by Gasteiger charge is 2.51. The minimum absolute atomic E-state index is 0.112. The molecule has 5 atom stereocenters. The van der Waals surface area contributed by atoms with Crippen molar-refractivity contribution in [3.63, 3.8) is 0 Å². The van der Waals surface area contributed by atoms with E-state index in [2.05, 4.69) is 11.7 Å². The maximum atomic E-state index is 14.6. The molecule has 0 aromatic carbocycles. The van der Waals surface area contributed by atoms with Crippen molar-refractivity contribution in [2.24, 2.45) is 17.8 Å². The third-order valence-electron chi connectivity index (χ3n) is 8.64. The molecule has 5 unspecified atom stereocenters. The summed E-state index contributed by atoms with van der Waals surface area (Å²) in [7, 11) is 0. The number of hydrogen-bond donors (Lipinski definition) is 1. The van der Waals surface area contributed by atoms with E-state index in [0.29, 0.717) is 30.8 Å². The summed E-state index contributed by atoms with van der Waals surface area (Å²) in [5, 5.41) is 10.5. The highest BCUT2D eigenvalue weighted by molar-refractivity contribution is 5.78. The topological polar surface area (TPSA) is 55.8 Å². The van der Waals surface area contributed by atoms with Gasteiger partial charge < -0.3 is 14.6 Å². The Labute approximate surface area is 219 Å². The zero-order valence-electron chi connectivity index (χ0n) is 23.2. The molecule has 0 aromatic rings. The van der Waals surface area contributed by atoms with Crippen LogP contribution < -0.4 is 0 Å². The molecule has 2 fully saturated rings. The van der Waals surface area contributed by atoms with Gasteiger partial charge >= 0.3 is 11.9 Å². The predicted molar refractivity (Wildman–Crippen MR) is 141 cm³/mol. The fraction of sp³-hybridized carbons (Fsp3) is 0.967. The monoisotopic (exact) mass is 516 g/mol. The van der Waals surface area contributed by atoms with E-state index >= 15 is 0 Å². The van der Waals surface area contributed by atoms with Gasteiger partial charge in [-0.05, 0) is 63.2 Å². The number of unbranched alkanes of at least 4 members (excludes halogenated alkanes) is 1. The molecule has 4 nitrogen and oxygen atoms in total. The Morgan fingerprint density at radius 1 is 0.806 bits per heavy atom. The number of hydrogen-bond acceptors (Lipinski definition) is 4. The van der Waals surface area contributed by atoms with Crippen molar-refractivity contribution < 1.29 is 28.2 Å². The van der Waals surface area contributed by atoms with Crippen molar-refractivity contribution in [3.05, 3.63) is 0 Å². The van der Waals surface area contributed by atoms with Gasteiger partial charge in [-0.1, -0.05) is 90.4 Å². The summed E-state index contributed by atoms with van der Waals surface area (Å²) < 4.78 is 40.0. The summed E-state index contributed by atoms with van der Waals surface area (Å²) in [6.45, 7) is 4.47. The van der Waals surface area contributed by atoms with Gasteiger partial charge in [0.05, 0.1) is 12.7 Å². The lowest BCUT2D eigenvalue weighted by Gasteiger charge is -2.31. The molecule has 0 heterocycles. The Hall–Kier alpha value is -0.750. The molecule has 2 saturated carbocycles. The molecule has 0 spiro atoms. The Kier molecular flexibility index (Phi) is 15.5. The molecule has 1 N–H and O–H groups in total. The first-order chi connectivity index (χ1) is 17.4. The van der Waals surface area contributed by atoms with Gasteiger partial charge in [0.1, 0.15) is 6.10 Å². The highest BCUT2D eigenvalue weighted by atomic mass is 19.3. The van der Waals surface area contributed by atoms with E-state index in [9.17, 15) is 18.7 Å². The van der Waals surface area contributed by atoms with Crippen LogP contribution in [-0.4, -0.2) is 42.4 Å². The third-order valence-corrected chi connectivity index (χ3v) is 8.64. The molecule has 0 bridgehead atoms. The van der Waals surface area contributed by atoms with Gasteiger partial charge in [0, 0.05) is 6.61 Å². The van der Waals surface area contributed by atoms with E-state index in [0.717, 1.165) is 51.6 Å². The van der Waals surface area contributed by atoms with Crippen molar-refractivity contribution >= 4 is 5.97 Å². The molecule has 0 aliphatic heterocycles. The number of carbonyl (C=O) groups excluding carboxylic acids is 1. The number of carbonyl (C=O) groups is 1. The van der Waals surface area contributed by atoms with E-state index in [-0.39, 0.29) is 6.61 Å². The fourth-order valence-electron chi connectivity index (χ4n) is 6.38. The van der Waals surface area contributed by atoms with Gasteiger partial charge in [-0.15, -0.1) is 0 Å². The van der Waals surface area contributed by atoms with E-state index in [1.807, 2.05) is 0 Å². The zero-order valence-corrected chi connectivity index (χ0v) is 23.2. The molecule has 0 aromatic heterocycles. The average Bonchev–Trinajstić information content (AvgIpc) is 2.92. The molecule has 212 valence electrons. The molecular formula is C30H54F2O4. The van der Waals surface area contributed by atoms with Crippen LogP contribution in [0, 0.1) is 17.8 Å². The zero-order chi connectivity index (χ0) is 26.2. The molecule has 0 amide bonds. The fourth-order valence-corrected chi connectivity index (χ4v) is 6.38. The number of ether oxygens (including phenoxy) is 2. The second kappa shape index (κ2) is 17.7. The summed E-state index contributed by atoms with van der Waals surface area (Å²) >= 11 is 0. The van der Waals surface area contributed by atoms with Crippen LogP contribution in [0.2, 0.25) is 0 Å². The molecule has 2 aliphatic rings. The van der Waals surface area contributed by atoms with Crippen molar-refractivity contribution in [2.75, 3.05) is 13.2 Å². The molecule has 6 heteroatoms. The maximum absolute atomic E-state index is 14.6. The van der Waals surface area contributed by atoms with Crippen molar-refractivity contribution in [1.29, 1.82) is 0 Å². The molecule has 0 saturated heterocycles. The minimum Gasteiger partial charge on any atom is -0.461 e. The van der Waals surface area contributed by atoms with Gasteiger partial charge in [0.2, 0.25) is 0 Å². The van der Waals surface area contributed by atoms with Crippen LogP contribution in [-0.2, 0) is 14.3 Å². The SMILES string of the molecule is CCCCOC1CCCCCCC(C2CCCCCCC(C(O)C(F)(F)C(=O)OCC)CCC2)CC1. The van der Waals surface area contributed by atoms with Gasteiger partial charge in [0.15, 0.2) is 0 Å². The Morgan fingerprint density at radius 2 is 1.36 bits per heavy atom. The summed E-state index contributed by atoms with van der Waals surface area (Å²) in [6.07, 6.45) is 18.9. The van der Waals surface area contributed by atoms with E-state index in [1.54, 1.807) is 0 Å². The first kappa shape index (κ1) is 31.5. The van der Waals surface area contributed by atoms with Crippen LogP contribution in [0.15, 0.2) is 0 Å². The van der Waals surface area contributed by atoms with Crippen LogP contribution in [0.3, 0.4) is 0 Å². The van der Waals surface area contributed by atoms with E-state index in [4.69, 9.17) is 4.74 Å². The van der Waals surface area contributed by atoms with Gasteiger partial charge in [0.25, 0.3) is 0 Å². The largest absolute Gasteiger partial charge is 0.461 e. The van der Waals surface area contributed by atoms with Crippen LogP contribution >= 0.6 is 0 Å². The lowest BCUT2D eigenvalue weighted by molar-refractivity contribution is -0.194. The van der Waals surface area contributed by atoms with E-state index < -0.39 is 23.9 Å². The number of halogens is 2. The first-order valence-corrected chi connectivity index (χ1v) is 15.2. The first-order valence-electron chi connectivity index (χ1n) is 15.2. The summed E-state index contributed by atoms with van der Waals surface area (Å²) in [5.41, 5.74) is 0. The van der Waals surface area contributed by atoms with Crippen molar-refractivity contribution in [3.8, 4) is 0 Å². The molecular weight excluding hydrogens is 462 g/mol. The standard InChI is InChI=1S/C30H54F2O4/c1-3-5-23-36-27-20-13-9-8-11-16-25(21-22-27)24-15-10-6-7-12-17-26(19-14-18-24)28(33)30(31,32)29(34)35-4-2/h24-28,33H,3-23H2,1-2H3. The second-order valence-electron chi connectivity index (χ2n) is 11.4. The molecule has 36 heavy (non-hydrogen) atoms. The maximum Gasteiger partial charge on any atom is 0.379 e. The number of esters is 1. The Bertz CT molecular complexity index is 583. The smallest absolute Gasteiger partial charge is 0.379 e. The lowest BCUT2D eigenvalue weighted by atomic mass is 9.77. The van der Waals surface area contributed by atoms with Gasteiger partial charge in [-0.25, -0.2) is 4.79 Å². The summed E-state index contributed by atoms with van der Waals surface area (Å²) in [4.78, 5) is 11.8. The van der Waals surface area contributed by atoms with E-state index in [1.165, 1.54) is 71.1 Å². The second-order valence-corrected chi connectivity index (χ2v) is 11.4. The highest BCUT2D eigenvalue weighted by Crippen LogP contribution is 2.38. The summed E-state index contributed by atoms with van der Waals surface area (Å²) in [6, 6.07) is 0. The van der Waals surface area contributed by atoms with Gasteiger partial charge in [-0.2, -0.15) is 8.78 Å². The lowest BCUT2D eigenvalue weighted by Crippen LogP contribution is -2.46. The number of aliphatic hydroxyl groups excluding tert-OH is 1.